The summed E-state index contributed by atoms with van der Waals surface area (Å²) in [5.74, 6) is 0.624. The summed E-state index contributed by atoms with van der Waals surface area (Å²) in [6.07, 6.45) is 2.38. The van der Waals surface area contributed by atoms with E-state index in [1.807, 2.05) is 9.80 Å². The van der Waals surface area contributed by atoms with Gasteiger partial charge in [-0.3, -0.25) is 0 Å². The van der Waals surface area contributed by atoms with E-state index in [1.54, 1.807) is 0 Å². The van der Waals surface area contributed by atoms with Crippen molar-refractivity contribution in [3.8, 4) is 0 Å². The van der Waals surface area contributed by atoms with Gasteiger partial charge in [0.15, 0.2) is 0 Å². The average molecular weight is 226 g/mol. The van der Waals surface area contributed by atoms with Crippen LogP contribution in [0.4, 0.5) is 4.79 Å². The van der Waals surface area contributed by atoms with E-state index in [2.05, 4.69) is 13.8 Å². The molecule has 2 atom stereocenters. The maximum Gasteiger partial charge on any atom is 0.320 e. The largest absolute Gasteiger partial charge is 0.378 e. The molecule has 0 N–H and O–H groups in total. The number of carbonyl (C=O) groups excluding carboxylic acids is 1. The van der Waals surface area contributed by atoms with E-state index in [9.17, 15) is 4.79 Å². The number of piperidine rings is 1. The van der Waals surface area contributed by atoms with Gasteiger partial charge in [-0.05, 0) is 25.7 Å². The second-order valence-electron chi connectivity index (χ2n) is 4.94. The Kier molecular flexibility index (Phi) is 3.69. The number of amides is 2. The summed E-state index contributed by atoms with van der Waals surface area (Å²) < 4.78 is 5.27. The minimum absolute atomic E-state index is 0.211. The molecule has 0 saturated carbocycles. The van der Waals surface area contributed by atoms with Crippen molar-refractivity contribution in [2.45, 2.75) is 32.7 Å². The van der Waals surface area contributed by atoms with Gasteiger partial charge in [0.2, 0.25) is 0 Å². The van der Waals surface area contributed by atoms with E-state index in [-0.39, 0.29) is 6.03 Å². The first-order valence-electron chi connectivity index (χ1n) is 6.33. The molecule has 0 radical (unpaired) electrons. The molecule has 92 valence electrons. The molecule has 2 amide bonds. The molecule has 0 bridgehead atoms. The smallest absolute Gasteiger partial charge is 0.320 e. The highest BCUT2D eigenvalue weighted by Gasteiger charge is 2.31. The van der Waals surface area contributed by atoms with Crippen molar-refractivity contribution in [1.82, 2.24) is 9.80 Å². The number of likely N-dealkylation sites (tertiary alicyclic amines) is 1. The molecule has 0 aliphatic carbocycles. The second-order valence-corrected chi connectivity index (χ2v) is 4.94. The van der Waals surface area contributed by atoms with Crippen molar-refractivity contribution in [2.75, 3.05) is 32.8 Å². The number of morpholine rings is 1. The van der Waals surface area contributed by atoms with Gasteiger partial charge in [0.05, 0.1) is 13.2 Å². The minimum Gasteiger partial charge on any atom is -0.378 e. The lowest BCUT2D eigenvalue weighted by Gasteiger charge is -2.41. The molecule has 16 heavy (non-hydrogen) atoms. The van der Waals surface area contributed by atoms with Crippen LogP contribution in [0.3, 0.4) is 0 Å². The maximum atomic E-state index is 12.3. The summed E-state index contributed by atoms with van der Waals surface area (Å²) in [5.41, 5.74) is 0. The van der Waals surface area contributed by atoms with Crippen LogP contribution in [0.25, 0.3) is 0 Å². The molecule has 2 rings (SSSR count). The Hall–Kier alpha value is -0.770. The van der Waals surface area contributed by atoms with Gasteiger partial charge in [-0.1, -0.05) is 6.92 Å². The van der Waals surface area contributed by atoms with E-state index in [0.717, 1.165) is 26.1 Å². The first-order chi connectivity index (χ1) is 7.70. The number of ether oxygens (including phenoxy) is 1. The maximum absolute atomic E-state index is 12.3. The van der Waals surface area contributed by atoms with Crippen LogP contribution >= 0.6 is 0 Å². The quantitative estimate of drug-likeness (QED) is 0.628. The second kappa shape index (κ2) is 5.04. The Morgan fingerprint density at radius 2 is 1.88 bits per heavy atom. The van der Waals surface area contributed by atoms with Gasteiger partial charge in [-0.2, -0.15) is 0 Å². The molecule has 0 aromatic heterocycles. The van der Waals surface area contributed by atoms with Crippen molar-refractivity contribution in [2.24, 2.45) is 5.92 Å². The highest BCUT2D eigenvalue weighted by atomic mass is 16.5. The van der Waals surface area contributed by atoms with Crippen LogP contribution in [-0.2, 0) is 4.74 Å². The predicted molar refractivity (Wildman–Crippen MR) is 62.4 cm³/mol. The zero-order valence-corrected chi connectivity index (χ0v) is 10.3. The van der Waals surface area contributed by atoms with Gasteiger partial charge in [0.1, 0.15) is 0 Å². The third kappa shape index (κ3) is 2.32. The van der Waals surface area contributed by atoms with Crippen LogP contribution in [0.1, 0.15) is 26.7 Å². The van der Waals surface area contributed by atoms with E-state index >= 15 is 0 Å². The lowest BCUT2D eigenvalue weighted by atomic mass is 9.92. The summed E-state index contributed by atoms with van der Waals surface area (Å²) in [6.45, 7) is 8.19. The van der Waals surface area contributed by atoms with Crippen LogP contribution in [0.5, 0.6) is 0 Å². The Morgan fingerprint density at radius 1 is 1.19 bits per heavy atom. The van der Waals surface area contributed by atoms with Crippen molar-refractivity contribution >= 4 is 6.03 Å². The lowest BCUT2D eigenvalue weighted by molar-refractivity contribution is 0.0322. The molecule has 0 aromatic rings. The molecule has 4 nitrogen and oxygen atoms in total. The van der Waals surface area contributed by atoms with Gasteiger partial charge in [0, 0.05) is 25.7 Å². The molecule has 2 fully saturated rings. The summed E-state index contributed by atoms with van der Waals surface area (Å²) >= 11 is 0. The monoisotopic (exact) mass is 226 g/mol. The van der Waals surface area contributed by atoms with Crippen LogP contribution in [-0.4, -0.2) is 54.7 Å². The average Bonchev–Trinajstić information content (AvgIpc) is 2.33. The third-order valence-electron chi connectivity index (χ3n) is 3.90. The first-order valence-corrected chi connectivity index (χ1v) is 6.33. The third-order valence-corrected chi connectivity index (χ3v) is 3.90. The number of rotatable bonds is 0. The van der Waals surface area contributed by atoms with Gasteiger partial charge in [-0.15, -0.1) is 0 Å². The summed E-state index contributed by atoms with van der Waals surface area (Å²) in [6, 6.07) is 0.589. The Bertz CT molecular complexity index is 251. The van der Waals surface area contributed by atoms with E-state index in [1.165, 1.54) is 6.42 Å². The number of nitrogens with zero attached hydrogens (tertiary/aromatic N) is 2. The Morgan fingerprint density at radius 3 is 2.56 bits per heavy atom. The van der Waals surface area contributed by atoms with Crippen LogP contribution in [0.2, 0.25) is 0 Å². The predicted octanol–water partition coefficient (Wildman–Crippen LogP) is 1.56. The molecular formula is C12H22N2O2. The summed E-state index contributed by atoms with van der Waals surface area (Å²) in [4.78, 5) is 16.3. The fourth-order valence-corrected chi connectivity index (χ4v) is 2.54. The molecule has 2 heterocycles. The highest BCUT2D eigenvalue weighted by molar-refractivity contribution is 5.75. The van der Waals surface area contributed by atoms with Crippen molar-refractivity contribution < 1.29 is 9.53 Å². The number of hydrogen-bond donors (Lipinski definition) is 0. The first kappa shape index (κ1) is 11.7. The van der Waals surface area contributed by atoms with Crippen molar-refractivity contribution in [3.05, 3.63) is 0 Å². The van der Waals surface area contributed by atoms with Gasteiger partial charge in [-0.25, -0.2) is 4.79 Å². The topological polar surface area (TPSA) is 32.8 Å². The number of carbonyl (C=O) groups is 1. The minimum atomic E-state index is 0.211. The van der Waals surface area contributed by atoms with Crippen molar-refractivity contribution in [3.63, 3.8) is 0 Å². The fraction of sp³-hybridized carbons (Fsp3) is 0.917. The van der Waals surface area contributed by atoms with Gasteiger partial charge < -0.3 is 14.5 Å². The number of hydrogen-bond acceptors (Lipinski definition) is 2. The molecule has 2 aliphatic rings. The molecule has 4 heteroatoms. The summed E-state index contributed by atoms with van der Waals surface area (Å²) in [5, 5.41) is 0. The van der Waals surface area contributed by atoms with Crippen LogP contribution in [0, 0.1) is 5.92 Å². The van der Waals surface area contributed by atoms with Gasteiger partial charge >= 0.3 is 6.03 Å². The van der Waals surface area contributed by atoms with Crippen LogP contribution in [0.15, 0.2) is 0 Å². The molecular weight excluding hydrogens is 204 g/mol. The molecule has 0 aromatic carbocycles. The zero-order valence-electron chi connectivity index (χ0n) is 10.3. The lowest BCUT2D eigenvalue weighted by Crippen LogP contribution is -2.54. The Labute approximate surface area is 97.5 Å². The summed E-state index contributed by atoms with van der Waals surface area (Å²) in [7, 11) is 0. The number of urea groups is 1. The highest BCUT2D eigenvalue weighted by Crippen LogP contribution is 2.24. The standard InChI is InChI=1S/C12H22N2O2/c1-10-4-3-5-14(11(10)2)12(15)13-6-8-16-9-7-13/h10-11H,3-9H2,1-2H3. The normalized spacial score (nSPS) is 31.6. The molecule has 2 unspecified atom stereocenters. The Balaban J connectivity index is 1.96. The fourth-order valence-electron chi connectivity index (χ4n) is 2.54. The van der Waals surface area contributed by atoms with Crippen LogP contribution < -0.4 is 0 Å². The molecule has 2 aliphatic heterocycles. The van der Waals surface area contributed by atoms with E-state index in [4.69, 9.17) is 4.74 Å². The zero-order chi connectivity index (χ0) is 11.5. The van der Waals surface area contributed by atoms with E-state index < -0.39 is 0 Å². The molecule has 0 spiro atoms. The van der Waals surface area contributed by atoms with E-state index in [0.29, 0.717) is 25.2 Å². The van der Waals surface area contributed by atoms with Gasteiger partial charge in [0.25, 0.3) is 0 Å². The molecule has 2 saturated heterocycles. The van der Waals surface area contributed by atoms with Crippen molar-refractivity contribution in [1.29, 1.82) is 0 Å². The SMILES string of the molecule is CC1CCCN(C(=O)N2CCOCC2)C1C.